The van der Waals surface area contributed by atoms with Gasteiger partial charge in [-0.05, 0) is 51.3 Å². The fraction of sp³-hybridized carbons (Fsp3) is 0.455. The first-order chi connectivity index (χ1) is 15.1. The lowest BCUT2D eigenvalue weighted by Crippen LogP contribution is -2.35. The van der Waals surface area contributed by atoms with Crippen molar-refractivity contribution >= 4 is 16.8 Å². The second-order valence-electron chi connectivity index (χ2n) is 8.47. The number of rotatable bonds is 6. The fourth-order valence-corrected chi connectivity index (χ4v) is 3.73. The molecule has 1 amide bonds. The van der Waals surface area contributed by atoms with Crippen LogP contribution in [0.4, 0.5) is 13.2 Å². The quantitative estimate of drug-likeness (QED) is 0.621. The average Bonchev–Trinajstić information content (AvgIpc) is 3.49. The number of halogens is 3. The maximum atomic E-state index is 13.1. The molecule has 1 atom stereocenters. The standard InChI is InChI=1S/C22H24F3N5O2/c1-12(2)30-17-10-26-29(21(32)19(17)20(28-30)15-4-5-15)11-18(31)27-13(3)14-6-8-16(9-7-14)22(23,24)25/h6-10,12-13,15H,4-5,11H2,1-3H3,(H,27,31)/t13-/m0/s1. The van der Waals surface area contributed by atoms with Crippen molar-refractivity contribution < 1.29 is 18.0 Å². The van der Waals surface area contributed by atoms with E-state index in [1.165, 1.54) is 12.1 Å². The van der Waals surface area contributed by atoms with Crippen molar-refractivity contribution in [1.29, 1.82) is 0 Å². The predicted octanol–water partition coefficient (Wildman–Crippen LogP) is 3.95. The molecule has 0 radical (unpaired) electrons. The zero-order valence-electron chi connectivity index (χ0n) is 18.0. The Morgan fingerprint density at radius 3 is 2.41 bits per heavy atom. The first-order valence-electron chi connectivity index (χ1n) is 10.5. The maximum Gasteiger partial charge on any atom is 0.416 e. The summed E-state index contributed by atoms with van der Waals surface area (Å²) < 4.78 is 41.1. The van der Waals surface area contributed by atoms with Crippen LogP contribution in [0.2, 0.25) is 0 Å². The van der Waals surface area contributed by atoms with E-state index in [2.05, 4.69) is 15.5 Å². The SMILES string of the molecule is CC(C)n1nc(C2CC2)c2c(=O)n(CC(=O)N[C@@H](C)c3ccc(C(F)(F)F)cc3)ncc21. The van der Waals surface area contributed by atoms with Crippen LogP contribution in [0.15, 0.2) is 35.3 Å². The topological polar surface area (TPSA) is 81.8 Å². The molecule has 1 aromatic carbocycles. The Labute approximate surface area is 182 Å². The van der Waals surface area contributed by atoms with E-state index in [4.69, 9.17) is 0 Å². The van der Waals surface area contributed by atoms with Crippen molar-refractivity contribution in [2.75, 3.05) is 0 Å². The number of nitrogens with zero attached hydrogens (tertiary/aromatic N) is 4. The van der Waals surface area contributed by atoms with Crippen LogP contribution in [0, 0.1) is 0 Å². The van der Waals surface area contributed by atoms with Crippen LogP contribution in [0.3, 0.4) is 0 Å². The van der Waals surface area contributed by atoms with Crippen LogP contribution in [0.1, 0.15) is 68.4 Å². The molecule has 10 heteroatoms. The number of carbonyl (C=O) groups is 1. The smallest absolute Gasteiger partial charge is 0.348 e. The van der Waals surface area contributed by atoms with E-state index in [9.17, 15) is 22.8 Å². The van der Waals surface area contributed by atoms with E-state index in [1.54, 1.807) is 17.8 Å². The summed E-state index contributed by atoms with van der Waals surface area (Å²) in [6, 6.07) is 4.14. The molecule has 7 nitrogen and oxygen atoms in total. The number of carbonyl (C=O) groups excluding carboxylic acids is 1. The molecule has 0 aliphatic heterocycles. The van der Waals surface area contributed by atoms with Gasteiger partial charge in [0.1, 0.15) is 6.54 Å². The summed E-state index contributed by atoms with van der Waals surface area (Å²) in [5, 5.41) is 12.0. The molecule has 1 fully saturated rings. The molecule has 2 heterocycles. The molecule has 1 aliphatic rings. The van der Waals surface area contributed by atoms with Gasteiger partial charge < -0.3 is 5.32 Å². The monoisotopic (exact) mass is 447 g/mol. The van der Waals surface area contributed by atoms with E-state index in [0.717, 1.165) is 35.4 Å². The molecular weight excluding hydrogens is 423 g/mol. The number of alkyl halides is 3. The number of nitrogens with one attached hydrogen (secondary N) is 1. The lowest BCUT2D eigenvalue weighted by Gasteiger charge is -2.16. The zero-order chi connectivity index (χ0) is 23.2. The molecule has 0 saturated heterocycles. The molecule has 0 unspecified atom stereocenters. The summed E-state index contributed by atoms with van der Waals surface area (Å²) in [4.78, 5) is 25.6. The zero-order valence-corrected chi connectivity index (χ0v) is 18.0. The third kappa shape index (κ3) is 4.26. The molecule has 1 saturated carbocycles. The van der Waals surface area contributed by atoms with Crippen molar-refractivity contribution in [1.82, 2.24) is 24.9 Å². The van der Waals surface area contributed by atoms with Gasteiger partial charge in [0, 0.05) is 12.0 Å². The fourth-order valence-electron chi connectivity index (χ4n) is 3.73. The van der Waals surface area contributed by atoms with E-state index >= 15 is 0 Å². The largest absolute Gasteiger partial charge is 0.416 e. The van der Waals surface area contributed by atoms with E-state index < -0.39 is 23.7 Å². The molecule has 0 bridgehead atoms. The van der Waals surface area contributed by atoms with Crippen LogP contribution in [0.25, 0.3) is 10.9 Å². The van der Waals surface area contributed by atoms with Gasteiger partial charge in [0.05, 0.1) is 34.4 Å². The summed E-state index contributed by atoms with van der Waals surface area (Å²) in [6.07, 6.45) is -0.893. The predicted molar refractivity (Wildman–Crippen MR) is 112 cm³/mol. The van der Waals surface area contributed by atoms with E-state index in [0.29, 0.717) is 16.5 Å². The highest BCUT2D eigenvalue weighted by molar-refractivity contribution is 5.82. The summed E-state index contributed by atoms with van der Waals surface area (Å²) in [5.41, 5.74) is 0.817. The van der Waals surface area contributed by atoms with Crippen LogP contribution < -0.4 is 10.9 Å². The van der Waals surface area contributed by atoms with Crippen LogP contribution in [-0.4, -0.2) is 25.5 Å². The summed E-state index contributed by atoms with van der Waals surface area (Å²) >= 11 is 0. The second kappa shape index (κ2) is 8.07. The van der Waals surface area contributed by atoms with Crippen molar-refractivity contribution in [3.63, 3.8) is 0 Å². The second-order valence-corrected chi connectivity index (χ2v) is 8.47. The minimum Gasteiger partial charge on any atom is -0.348 e. The first kappa shape index (κ1) is 22.0. The Morgan fingerprint density at radius 1 is 1.19 bits per heavy atom. The average molecular weight is 447 g/mol. The molecular formula is C22H24F3N5O2. The normalized spacial score (nSPS) is 15.3. The molecule has 1 aliphatic carbocycles. The molecule has 4 rings (SSSR count). The van der Waals surface area contributed by atoms with Gasteiger partial charge >= 0.3 is 6.18 Å². The highest BCUT2D eigenvalue weighted by Crippen LogP contribution is 2.41. The van der Waals surface area contributed by atoms with Gasteiger partial charge in [0.2, 0.25) is 5.91 Å². The van der Waals surface area contributed by atoms with Gasteiger partial charge in [0.25, 0.3) is 5.56 Å². The summed E-state index contributed by atoms with van der Waals surface area (Å²) in [5.74, 6) is -0.204. The van der Waals surface area contributed by atoms with E-state index in [1.807, 2.05) is 13.8 Å². The first-order valence-corrected chi connectivity index (χ1v) is 10.5. The Kier molecular flexibility index (Phi) is 5.56. The van der Waals surface area contributed by atoms with Gasteiger partial charge in [-0.2, -0.15) is 23.4 Å². The Hall–Kier alpha value is -3.17. The van der Waals surface area contributed by atoms with Gasteiger partial charge in [-0.15, -0.1) is 0 Å². The third-order valence-electron chi connectivity index (χ3n) is 5.60. The number of amides is 1. The lowest BCUT2D eigenvalue weighted by molar-refractivity contribution is -0.137. The van der Waals surface area contributed by atoms with Gasteiger partial charge in [0.15, 0.2) is 0 Å². The van der Waals surface area contributed by atoms with Crippen LogP contribution in [0.5, 0.6) is 0 Å². The summed E-state index contributed by atoms with van der Waals surface area (Å²) in [7, 11) is 0. The third-order valence-corrected chi connectivity index (χ3v) is 5.60. The summed E-state index contributed by atoms with van der Waals surface area (Å²) in [6.45, 7) is 5.32. The number of aromatic nitrogens is 4. The Balaban J connectivity index is 1.53. The van der Waals surface area contributed by atoms with Gasteiger partial charge in [-0.25, -0.2) is 4.68 Å². The minimum absolute atomic E-state index is 0.0648. The number of hydrogen-bond acceptors (Lipinski definition) is 4. The number of fused-ring (bicyclic) bond motifs is 1. The van der Waals surface area contributed by atoms with Crippen molar-refractivity contribution in [2.45, 2.75) is 64.3 Å². The van der Waals surface area contributed by atoms with Crippen LogP contribution in [-0.2, 0) is 17.5 Å². The van der Waals surface area contributed by atoms with Gasteiger partial charge in [-0.1, -0.05) is 12.1 Å². The minimum atomic E-state index is -4.42. The molecule has 170 valence electrons. The van der Waals surface area contributed by atoms with E-state index in [-0.39, 0.29) is 24.1 Å². The van der Waals surface area contributed by atoms with Crippen molar-refractivity contribution in [2.24, 2.45) is 0 Å². The molecule has 1 N–H and O–H groups in total. The Morgan fingerprint density at radius 2 is 1.84 bits per heavy atom. The lowest BCUT2D eigenvalue weighted by atomic mass is 10.1. The highest BCUT2D eigenvalue weighted by atomic mass is 19.4. The highest BCUT2D eigenvalue weighted by Gasteiger charge is 2.32. The van der Waals surface area contributed by atoms with Gasteiger partial charge in [-0.3, -0.25) is 14.3 Å². The number of benzene rings is 1. The van der Waals surface area contributed by atoms with Crippen molar-refractivity contribution in [3.05, 3.63) is 57.6 Å². The molecule has 32 heavy (non-hydrogen) atoms. The number of hydrogen-bond donors (Lipinski definition) is 1. The van der Waals surface area contributed by atoms with Crippen LogP contribution >= 0.6 is 0 Å². The Bertz CT molecular complexity index is 1210. The molecule has 3 aromatic rings. The van der Waals surface area contributed by atoms with Crippen molar-refractivity contribution in [3.8, 4) is 0 Å². The molecule has 0 spiro atoms. The molecule has 2 aromatic heterocycles. The maximum absolute atomic E-state index is 13.1.